The molecule has 1 aliphatic carbocycles. The minimum absolute atomic E-state index is 0. The Morgan fingerprint density at radius 3 is 2.33 bits per heavy atom. The zero-order valence-corrected chi connectivity index (χ0v) is 9.01. The molecule has 0 radical (unpaired) electrons. The van der Waals surface area contributed by atoms with E-state index in [0.717, 1.165) is 18.0 Å². The van der Waals surface area contributed by atoms with E-state index >= 15 is 0 Å². The van der Waals surface area contributed by atoms with Crippen molar-refractivity contribution in [1.29, 1.82) is 0 Å². The predicted octanol–water partition coefficient (Wildman–Crippen LogP) is 1.19. The van der Waals surface area contributed by atoms with E-state index in [-0.39, 0.29) is 24.8 Å². The maximum Gasteiger partial charge on any atom is 0.0119 e. The van der Waals surface area contributed by atoms with E-state index in [1.165, 1.54) is 25.8 Å². The first kappa shape index (κ1) is 12.5. The van der Waals surface area contributed by atoms with Crippen LogP contribution < -0.4 is 10.6 Å². The summed E-state index contributed by atoms with van der Waals surface area (Å²) in [5.41, 5.74) is 0. The van der Waals surface area contributed by atoms with Gasteiger partial charge < -0.3 is 10.6 Å². The van der Waals surface area contributed by atoms with Crippen molar-refractivity contribution in [2.75, 3.05) is 13.6 Å². The average Bonchev–Trinajstić information content (AvgIpc) is 1.91. The molecule has 0 bridgehead atoms. The summed E-state index contributed by atoms with van der Waals surface area (Å²) in [5, 5.41) is 6.94. The van der Waals surface area contributed by atoms with Crippen molar-refractivity contribution in [3.63, 3.8) is 0 Å². The number of piperidine rings is 1. The van der Waals surface area contributed by atoms with Crippen LogP contribution in [0.1, 0.15) is 19.3 Å². The summed E-state index contributed by atoms with van der Waals surface area (Å²) in [6, 6.07) is 1.66. The molecule has 3 unspecified atom stereocenters. The van der Waals surface area contributed by atoms with Gasteiger partial charge in [0.05, 0.1) is 0 Å². The van der Waals surface area contributed by atoms with Crippen LogP contribution in [0.25, 0.3) is 0 Å². The quantitative estimate of drug-likeness (QED) is 0.683. The van der Waals surface area contributed by atoms with E-state index in [2.05, 4.69) is 17.7 Å². The molecule has 1 saturated heterocycles. The average molecular weight is 213 g/mol. The van der Waals surface area contributed by atoms with Crippen LogP contribution in [0.3, 0.4) is 0 Å². The van der Waals surface area contributed by atoms with Gasteiger partial charge in [-0.1, -0.05) is 0 Å². The van der Waals surface area contributed by atoms with Crippen LogP contribution in [0.5, 0.6) is 0 Å². The third-order valence-corrected chi connectivity index (χ3v) is 3.08. The Kier molecular flexibility index (Phi) is 5.50. The molecule has 2 nitrogen and oxygen atoms in total. The topological polar surface area (TPSA) is 24.1 Å². The van der Waals surface area contributed by atoms with Gasteiger partial charge in [-0.05, 0) is 38.8 Å². The predicted molar refractivity (Wildman–Crippen MR) is 56.5 cm³/mol. The van der Waals surface area contributed by atoms with E-state index in [0.29, 0.717) is 0 Å². The first-order valence-corrected chi connectivity index (χ1v) is 4.32. The van der Waals surface area contributed by atoms with E-state index < -0.39 is 0 Å². The summed E-state index contributed by atoms with van der Waals surface area (Å²) in [4.78, 5) is 0. The highest BCUT2D eigenvalue weighted by atomic mass is 35.5. The van der Waals surface area contributed by atoms with Crippen LogP contribution in [-0.2, 0) is 0 Å². The fourth-order valence-corrected chi connectivity index (χ4v) is 2.26. The standard InChI is InChI=1S/C8H16N2.2ClH/c1-9-7-4-5-10-8-3-2-6(7)8;;/h6-10H,2-5H2,1H3;2*1H. The van der Waals surface area contributed by atoms with Gasteiger partial charge in [-0.25, -0.2) is 0 Å². The Hall–Kier alpha value is 0.500. The second-order valence-corrected chi connectivity index (χ2v) is 3.49. The molecule has 2 N–H and O–H groups in total. The summed E-state index contributed by atoms with van der Waals surface area (Å²) in [6.07, 6.45) is 4.16. The molecule has 0 aromatic heterocycles. The van der Waals surface area contributed by atoms with Gasteiger partial charge in [0, 0.05) is 12.1 Å². The minimum atomic E-state index is 0. The number of hydrogen-bond acceptors (Lipinski definition) is 2. The highest BCUT2D eigenvalue weighted by Crippen LogP contribution is 2.33. The lowest BCUT2D eigenvalue weighted by molar-refractivity contribution is 0.120. The summed E-state index contributed by atoms with van der Waals surface area (Å²) in [7, 11) is 2.09. The third-order valence-electron chi connectivity index (χ3n) is 3.08. The molecule has 74 valence electrons. The largest absolute Gasteiger partial charge is 0.317 e. The summed E-state index contributed by atoms with van der Waals surface area (Å²) in [5.74, 6) is 0.943. The van der Waals surface area contributed by atoms with Crippen molar-refractivity contribution in [1.82, 2.24) is 10.6 Å². The molecule has 2 aliphatic rings. The lowest BCUT2D eigenvalue weighted by Crippen LogP contribution is -2.58. The van der Waals surface area contributed by atoms with E-state index in [1.54, 1.807) is 0 Å². The Labute approximate surface area is 86.7 Å². The molecule has 12 heavy (non-hydrogen) atoms. The Balaban J connectivity index is 0.000000605. The van der Waals surface area contributed by atoms with Crippen LogP contribution in [0, 0.1) is 5.92 Å². The zero-order chi connectivity index (χ0) is 6.97. The van der Waals surface area contributed by atoms with Crippen LogP contribution in [0.4, 0.5) is 0 Å². The molecule has 4 heteroatoms. The Bertz CT molecular complexity index is 130. The molecule has 1 aliphatic heterocycles. The third kappa shape index (κ3) is 2.05. The van der Waals surface area contributed by atoms with Crippen LogP contribution >= 0.6 is 24.8 Å². The van der Waals surface area contributed by atoms with E-state index in [9.17, 15) is 0 Å². The normalized spacial score (nSPS) is 38.2. The van der Waals surface area contributed by atoms with Gasteiger partial charge in [0.25, 0.3) is 0 Å². The van der Waals surface area contributed by atoms with Crippen molar-refractivity contribution in [3.8, 4) is 0 Å². The highest BCUT2D eigenvalue weighted by molar-refractivity contribution is 5.85. The summed E-state index contributed by atoms with van der Waals surface area (Å²) in [6.45, 7) is 1.21. The smallest absolute Gasteiger partial charge is 0.0119 e. The number of fused-ring (bicyclic) bond motifs is 1. The maximum atomic E-state index is 3.54. The zero-order valence-electron chi connectivity index (χ0n) is 7.38. The van der Waals surface area contributed by atoms with Gasteiger partial charge in [0.1, 0.15) is 0 Å². The van der Waals surface area contributed by atoms with Gasteiger partial charge >= 0.3 is 0 Å². The van der Waals surface area contributed by atoms with Gasteiger partial charge in [-0.2, -0.15) is 0 Å². The van der Waals surface area contributed by atoms with Crippen molar-refractivity contribution < 1.29 is 0 Å². The van der Waals surface area contributed by atoms with Gasteiger partial charge in [-0.15, -0.1) is 24.8 Å². The monoisotopic (exact) mass is 212 g/mol. The number of halogens is 2. The molecule has 1 heterocycles. The number of rotatable bonds is 1. The molecule has 0 aromatic rings. The van der Waals surface area contributed by atoms with E-state index in [1.807, 2.05) is 0 Å². The van der Waals surface area contributed by atoms with Gasteiger partial charge in [-0.3, -0.25) is 0 Å². The molecular formula is C8H18Cl2N2. The van der Waals surface area contributed by atoms with Crippen molar-refractivity contribution in [2.24, 2.45) is 5.92 Å². The highest BCUT2D eigenvalue weighted by Gasteiger charge is 2.38. The second-order valence-electron chi connectivity index (χ2n) is 3.49. The molecule has 2 fully saturated rings. The lowest BCUT2D eigenvalue weighted by atomic mass is 9.71. The molecule has 0 amide bonds. The number of nitrogens with one attached hydrogen (secondary N) is 2. The van der Waals surface area contributed by atoms with Gasteiger partial charge in [0.15, 0.2) is 0 Å². The Morgan fingerprint density at radius 2 is 1.92 bits per heavy atom. The minimum Gasteiger partial charge on any atom is -0.317 e. The Morgan fingerprint density at radius 1 is 1.17 bits per heavy atom. The fourth-order valence-electron chi connectivity index (χ4n) is 2.26. The molecule has 3 atom stereocenters. The number of hydrogen-bond donors (Lipinski definition) is 2. The maximum absolute atomic E-state index is 3.54. The SMILES string of the molecule is CNC1CCNC2CCC12.Cl.Cl. The van der Waals surface area contributed by atoms with Crippen molar-refractivity contribution >= 4 is 24.8 Å². The van der Waals surface area contributed by atoms with E-state index in [4.69, 9.17) is 0 Å². The molecule has 1 saturated carbocycles. The van der Waals surface area contributed by atoms with Crippen molar-refractivity contribution in [2.45, 2.75) is 31.3 Å². The summed E-state index contributed by atoms with van der Waals surface area (Å²) < 4.78 is 0. The molecular weight excluding hydrogens is 195 g/mol. The first-order chi connectivity index (χ1) is 4.92. The second kappa shape index (κ2) is 5.28. The van der Waals surface area contributed by atoms with Crippen LogP contribution in [0.15, 0.2) is 0 Å². The van der Waals surface area contributed by atoms with Crippen LogP contribution in [0.2, 0.25) is 0 Å². The first-order valence-electron chi connectivity index (χ1n) is 4.32. The van der Waals surface area contributed by atoms with Crippen LogP contribution in [-0.4, -0.2) is 25.7 Å². The molecule has 2 rings (SSSR count). The van der Waals surface area contributed by atoms with Crippen molar-refractivity contribution in [3.05, 3.63) is 0 Å². The van der Waals surface area contributed by atoms with Gasteiger partial charge in [0.2, 0.25) is 0 Å². The fraction of sp³-hybridized carbons (Fsp3) is 1.00. The lowest BCUT2D eigenvalue weighted by Gasteiger charge is -2.46. The molecule has 0 spiro atoms. The summed E-state index contributed by atoms with van der Waals surface area (Å²) >= 11 is 0. The molecule has 0 aromatic carbocycles.